The van der Waals surface area contributed by atoms with Crippen molar-refractivity contribution in [3.8, 4) is 11.8 Å². The van der Waals surface area contributed by atoms with Crippen molar-refractivity contribution in [1.82, 2.24) is 0 Å². The Bertz CT molecular complexity index is 560. The quantitative estimate of drug-likeness (QED) is 0.663. The number of rotatable bonds is 0. The van der Waals surface area contributed by atoms with Gasteiger partial charge >= 0.3 is 0 Å². The van der Waals surface area contributed by atoms with Crippen LogP contribution in [0.15, 0.2) is 42.5 Å². The molecule has 0 unspecified atom stereocenters. The molecule has 0 bridgehead atoms. The Morgan fingerprint density at radius 1 is 1.00 bits per heavy atom. The first-order chi connectivity index (χ1) is 7.56. The molecule has 2 rings (SSSR count). The van der Waals surface area contributed by atoms with Gasteiger partial charge in [0.25, 0.3) is 0 Å². The lowest BCUT2D eigenvalue weighted by atomic mass is 10.0. The highest BCUT2D eigenvalue weighted by Gasteiger charge is 2.06. The molecule has 0 heterocycles. The smallest absolute Gasteiger partial charge is 0.120 e. The van der Waals surface area contributed by atoms with Gasteiger partial charge in [0.15, 0.2) is 0 Å². The molecule has 0 spiro atoms. The summed E-state index contributed by atoms with van der Waals surface area (Å²) in [5, 5.41) is 11.9. The molecule has 1 heteroatoms. The first-order valence-electron chi connectivity index (χ1n) is 5.29. The molecular formula is C15H14O. The molecule has 80 valence electrons. The molecule has 0 fully saturated rings. The maximum Gasteiger partial charge on any atom is 0.120 e. The molecule has 0 aromatic heterocycles. The van der Waals surface area contributed by atoms with Gasteiger partial charge in [-0.3, -0.25) is 0 Å². The second-order valence-corrected chi connectivity index (χ2v) is 4.34. The van der Waals surface area contributed by atoms with Crippen LogP contribution in [0.2, 0.25) is 0 Å². The van der Waals surface area contributed by atoms with E-state index in [1.165, 1.54) is 5.39 Å². The molecule has 0 saturated carbocycles. The summed E-state index contributed by atoms with van der Waals surface area (Å²) in [4.78, 5) is 0. The second-order valence-electron chi connectivity index (χ2n) is 4.34. The fraction of sp³-hybridized carbons (Fsp3) is 0.200. The van der Waals surface area contributed by atoms with Crippen LogP contribution in [0.4, 0.5) is 0 Å². The van der Waals surface area contributed by atoms with E-state index in [0.29, 0.717) is 0 Å². The Labute approximate surface area is 95.7 Å². The van der Waals surface area contributed by atoms with E-state index in [1.54, 1.807) is 13.8 Å². The summed E-state index contributed by atoms with van der Waals surface area (Å²) in [6.45, 7) is 3.37. The van der Waals surface area contributed by atoms with E-state index < -0.39 is 5.60 Å². The van der Waals surface area contributed by atoms with Gasteiger partial charge in [-0.15, -0.1) is 0 Å². The van der Waals surface area contributed by atoms with Gasteiger partial charge in [0.1, 0.15) is 5.60 Å². The molecule has 16 heavy (non-hydrogen) atoms. The van der Waals surface area contributed by atoms with Crippen LogP contribution in [-0.2, 0) is 0 Å². The highest BCUT2D eigenvalue weighted by Crippen LogP contribution is 2.17. The van der Waals surface area contributed by atoms with Crippen molar-refractivity contribution in [2.24, 2.45) is 0 Å². The molecule has 1 nitrogen and oxygen atoms in total. The third-order valence-corrected chi connectivity index (χ3v) is 2.29. The maximum absolute atomic E-state index is 9.58. The summed E-state index contributed by atoms with van der Waals surface area (Å²) in [6, 6.07) is 14.1. The Kier molecular flexibility index (Phi) is 2.68. The van der Waals surface area contributed by atoms with Crippen molar-refractivity contribution < 1.29 is 5.11 Å². The van der Waals surface area contributed by atoms with E-state index in [-0.39, 0.29) is 0 Å². The summed E-state index contributed by atoms with van der Waals surface area (Å²) >= 11 is 0. The zero-order chi connectivity index (χ0) is 11.6. The van der Waals surface area contributed by atoms with Crippen LogP contribution >= 0.6 is 0 Å². The number of hydrogen-bond acceptors (Lipinski definition) is 1. The monoisotopic (exact) mass is 210 g/mol. The molecule has 0 aliphatic rings. The van der Waals surface area contributed by atoms with Crippen molar-refractivity contribution in [3.63, 3.8) is 0 Å². The average Bonchev–Trinajstić information content (AvgIpc) is 2.25. The molecule has 0 aliphatic carbocycles. The van der Waals surface area contributed by atoms with Crippen molar-refractivity contribution in [3.05, 3.63) is 48.0 Å². The van der Waals surface area contributed by atoms with Gasteiger partial charge < -0.3 is 5.11 Å². The van der Waals surface area contributed by atoms with Gasteiger partial charge in [0, 0.05) is 5.56 Å². The molecular weight excluding hydrogens is 196 g/mol. The Morgan fingerprint density at radius 2 is 1.69 bits per heavy atom. The molecule has 0 aliphatic heterocycles. The lowest BCUT2D eigenvalue weighted by Gasteiger charge is -2.06. The predicted octanol–water partition coefficient (Wildman–Crippen LogP) is 2.96. The number of benzene rings is 2. The lowest BCUT2D eigenvalue weighted by Crippen LogP contribution is -2.14. The van der Waals surface area contributed by atoms with E-state index in [9.17, 15) is 5.11 Å². The lowest BCUT2D eigenvalue weighted by molar-refractivity contribution is 0.143. The molecule has 0 radical (unpaired) electrons. The van der Waals surface area contributed by atoms with E-state index >= 15 is 0 Å². The third kappa shape index (κ3) is 2.42. The third-order valence-electron chi connectivity index (χ3n) is 2.29. The van der Waals surface area contributed by atoms with E-state index in [2.05, 4.69) is 24.0 Å². The van der Waals surface area contributed by atoms with Crippen molar-refractivity contribution >= 4 is 10.8 Å². The molecule has 0 saturated heterocycles. The molecule has 2 aromatic rings. The number of fused-ring (bicyclic) bond motifs is 1. The number of aliphatic hydroxyl groups is 1. The minimum Gasteiger partial charge on any atom is -0.378 e. The van der Waals surface area contributed by atoms with Crippen molar-refractivity contribution in [1.29, 1.82) is 0 Å². The SMILES string of the molecule is CC(C)(O)C#Cc1cccc2ccccc12. The first kappa shape index (κ1) is 10.7. The number of hydrogen-bond donors (Lipinski definition) is 1. The molecule has 0 amide bonds. The van der Waals surface area contributed by atoms with Gasteiger partial charge in [0.05, 0.1) is 0 Å². The van der Waals surface area contributed by atoms with Gasteiger partial charge in [-0.1, -0.05) is 48.2 Å². The minimum absolute atomic E-state index is 0.947. The van der Waals surface area contributed by atoms with Crippen LogP contribution in [0.25, 0.3) is 10.8 Å². The van der Waals surface area contributed by atoms with Gasteiger partial charge in [-0.05, 0) is 30.7 Å². The summed E-state index contributed by atoms with van der Waals surface area (Å²) in [7, 11) is 0. The van der Waals surface area contributed by atoms with Crippen LogP contribution in [-0.4, -0.2) is 10.7 Å². The summed E-state index contributed by atoms with van der Waals surface area (Å²) < 4.78 is 0. The van der Waals surface area contributed by atoms with Gasteiger partial charge in [-0.25, -0.2) is 0 Å². The topological polar surface area (TPSA) is 20.2 Å². The molecule has 0 atom stereocenters. The normalized spacial score (nSPS) is 10.9. The van der Waals surface area contributed by atoms with Crippen LogP contribution in [0.3, 0.4) is 0 Å². The molecule has 2 aromatic carbocycles. The fourth-order valence-corrected chi connectivity index (χ4v) is 1.55. The van der Waals surface area contributed by atoms with E-state index in [0.717, 1.165) is 10.9 Å². The standard InChI is InChI=1S/C15H14O/c1-15(2,16)11-10-13-8-5-7-12-6-3-4-9-14(12)13/h3-9,16H,1-2H3. The Hall–Kier alpha value is -1.78. The van der Waals surface area contributed by atoms with Crippen LogP contribution in [0, 0.1) is 11.8 Å². The first-order valence-corrected chi connectivity index (χ1v) is 5.29. The predicted molar refractivity (Wildman–Crippen MR) is 67.1 cm³/mol. The zero-order valence-electron chi connectivity index (χ0n) is 9.49. The van der Waals surface area contributed by atoms with Crippen LogP contribution in [0.1, 0.15) is 19.4 Å². The minimum atomic E-state index is -0.947. The summed E-state index contributed by atoms with van der Waals surface area (Å²) in [5.41, 5.74) is 0.0111. The maximum atomic E-state index is 9.58. The average molecular weight is 210 g/mol. The zero-order valence-corrected chi connectivity index (χ0v) is 9.49. The van der Waals surface area contributed by atoms with Gasteiger partial charge in [0.2, 0.25) is 0 Å². The van der Waals surface area contributed by atoms with E-state index in [4.69, 9.17) is 0 Å². The fourth-order valence-electron chi connectivity index (χ4n) is 1.55. The largest absolute Gasteiger partial charge is 0.378 e. The summed E-state index contributed by atoms with van der Waals surface area (Å²) in [5.74, 6) is 5.86. The highest BCUT2D eigenvalue weighted by molar-refractivity contribution is 5.88. The molecule has 1 N–H and O–H groups in total. The van der Waals surface area contributed by atoms with Crippen LogP contribution in [0.5, 0.6) is 0 Å². The van der Waals surface area contributed by atoms with Crippen molar-refractivity contribution in [2.45, 2.75) is 19.4 Å². The Morgan fingerprint density at radius 3 is 2.44 bits per heavy atom. The van der Waals surface area contributed by atoms with Crippen molar-refractivity contribution in [2.75, 3.05) is 0 Å². The van der Waals surface area contributed by atoms with Crippen LogP contribution < -0.4 is 0 Å². The van der Waals surface area contributed by atoms with Gasteiger partial charge in [-0.2, -0.15) is 0 Å². The summed E-state index contributed by atoms with van der Waals surface area (Å²) in [6.07, 6.45) is 0. The Balaban J connectivity index is 2.56. The highest BCUT2D eigenvalue weighted by atomic mass is 16.3. The van der Waals surface area contributed by atoms with E-state index in [1.807, 2.05) is 30.3 Å². The second kappa shape index (κ2) is 4.00.